The number of carbonyl (C=O) groups excluding carboxylic acids is 1. The van der Waals surface area contributed by atoms with Gasteiger partial charge in [0.05, 0.1) is 0 Å². The first-order valence-electron chi connectivity index (χ1n) is 6.63. The first-order valence-corrected chi connectivity index (χ1v) is 7.76. The summed E-state index contributed by atoms with van der Waals surface area (Å²) in [6, 6.07) is 8.16. The molecule has 1 N–H and O–H groups in total. The number of alkyl halides is 3. The van der Waals surface area contributed by atoms with Gasteiger partial charge in [-0.3, -0.25) is 4.79 Å². The fraction of sp³-hybridized carbons (Fsp3) is 0.500. The van der Waals surface area contributed by atoms with Crippen LogP contribution in [-0.2, 0) is 4.79 Å². The number of nitrogens with one attached hydrogen (secondary N) is 1. The van der Waals surface area contributed by atoms with Gasteiger partial charge in [0.2, 0.25) is 0 Å². The van der Waals surface area contributed by atoms with Gasteiger partial charge >= 0.3 is 0 Å². The standard InChI is InChI=1S/C14H17Cl3N2O/c1-10-4-2-3-9-19(10)12-7-5-11(6-8-12)18-13(20)14(15,16)17/h5-8,10H,2-4,9H2,1H3,(H,18,20)/t10-/m1/s1. The van der Waals surface area contributed by atoms with Crippen LogP contribution < -0.4 is 10.2 Å². The molecule has 3 nitrogen and oxygen atoms in total. The van der Waals surface area contributed by atoms with Crippen LogP contribution in [0.3, 0.4) is 0 Å². The van der Waals surface area contributed by atoms with E-state index in [-0.39, 0.29) is 0 Å². The fourth-order valence-corrected chi connectivity index (χ4v) is 2.56. The van der Waals surface area contributed by atoms with E-state index in [0.717, 1.165) is 12.2 Å². The highest BCUT2D eigenvalue weighted by Gasteiger charge is 2.30. The summed E-state index contributed by atoms with van der Waals surface area (Å²) < 4.78 is -1.94. The van der Waals surface area contributed by atoms with Crippen LogP contribution in [0.2, 0.25) is 0 Å². The van der Waals surface area contributed by atoms with Gasteiger partial charge < -0.3 is 10.2 Å². The Hall–Kier alpha value is -0.640. The predicted octanol–water partition coefficient (Wildman–Crippen LogP) is 4.37. The van der Waals surface area contributed by atoms with Crippen molar-refractivity contribution < 1.29 is 4.79 Å². The van der Waals surface area contributed by atoms with Crippen LogP contribution in [0, 0.1) is 0 Å². The molecule has 1 aromatic rings. The van der Waals surface area contributed by atoms with Crippen molar-refractivity contribution in [1.29, 1.82) is 0 Å². The lowest BCUT2D eigenvalue weighted by Crippen LogP contribution is -2.37. The third kappa shape index (κ3) is 3.94. The summed E-state index contributed by atoms with van der Waals surface area (Å²) in [5.74, 6) is -0.651. The minimum Gasteiger partial charge on any atom is -0.369 e. The van der Waals surface area contributed by atoms with E-state index in [9.17, 15) is 4.79 Å². The van der Waals surface area contributed by atoms with Crippen molar-refractivity contribution in [2.45, 2.75) is 36.0 Å². The normalized spacial score (nSPS) is 19.8. The van der Waals surface area contributed by atoms with Gasteiger partial charge in [0.25, 0.3) is 9.70 Å². The molecule has 1 aromatic carbocycles. The summed E-state index contributed by atoms with van der Waals surface area (Å²) in [7, 11) is 0. The molecule has 1 amide bonds. The van der Waals surface area contributed by atoms with Crippen molar-refractivity contribution in [2.75, 3.05) is 16.8 Å². The molecule has 0 aliphatic carbocycles. The van der Waals surface area contributed by atoms with E-state index in [1.54, 1.807) is 0 Å². The second-order valence-electron chi connectivity index (χ2n) is 5.04. The Bertz CT molecular complexity index is 470. The Morgan fingerprint density at radius 3 is 2.45 bits per heavy atom. The second kappa shape index (κ2) is 6.42. The quantitative estimate of drug-likeness (QED) is 0.814. The average molecular weight is 336 g/mol. The molecule has 110 valence electrons. The van der Waals surface area contributed by atoms with Crippen molar-refractivity contribution in [2.24, 2.45) is 0 Å². The molecule has 0 aromatic heterocycles. The van der Waals surface area contributed by atoms with Crippen LogP contribution >= 0.6 is 34.8 Å². The first-order chi connectivity index (χ1) is 9.38. The Balaban J connectivity index is 2.04. The average Bonchev–Trinajstić information content (AvgIpc) is 2.39. The van der Waals surface area contributed by atoms with Crippen LogP contribution in [0.1, 0.15) is 26.2 Å². The van der Waals surface area contributed by atoms with E-state index in [1.807, 2.05) is 24.3 Å². The molecule has 0 spiro atoms. The molecule has 0 radical (unpaired) electrons. The van der Waals surface area contributed by atoms with Crippen LogP contribution in [0.25, 0.3) is 0 Å². The molecular formula is C14H17Cl3N2O. The highest BCUT2D eigenvalue weighted by molar-refractivity contribution is 6.76. The summed E-state index contributed by atoms with van der Waals surface area (Å²) in [6.07, 6.45) is 3.72. The smallest absolute Gasteiger partial charge is 0.276 e. The molecular weight excluding hydrogens is 319 g/mol. The highest BCUT2D eigenvalue weighted by Crippen LogP contribution is 2.29. The molecule has 1 atom stereocenters. The predicted molar refractivity (Wildman–Crippen MR) is 86.0 cm³/mol. The fourth-order valence-electron chi connectivity index (χ4n) is 2.42. The molecule has 2 rings (SSSR count). The number of anilines is 2. The summed E-state index contributed by atoms with van der Waals surface area (Å²) >= 11 is 16.5. The van der Waals surface area contributed by atoms with E-state index in [0.29, 0.717) is 11.7 Å². The van der Waals surface area contributed by atoms with Gasteiger partial charge in [0.1, 0.15) is 0 Å². The largest absolute Gasteiger partial charge is 0.369 e. The van der Waals surface area contributed by atoms with E-state index in [4.69, 9.17) is 34.8 Å². The number of benzene rings is 1. The minimum absolute atomic E-state index is 0.547. The zero-order chi connectivity index (χ0) is 14.8. The van der Waals surface area contributed by atoms with Crippen molar-refractivity contribution >= 4 is 52.1 Å². The number of halogens is 3. The lowest BCUT2D eigenvalue weighted by molar-refractivity contribution is -0.115. The Kier molecular flexibility index (Phi) is 5.05. The van der Waals surface area contributed by atoms with Crippen molar-refractivity contribution in [3.8, 4) is 0 Å². The third-order valence-corrected chi connectivity index (χ3v) is 4.03. The first kappa shape index (κ1) is 15.7. The van der Waals surface area contributed by atoms with Crippen molar-refractivity contribution in [1.82, 2.24) is 0 Å². The number of amides is 1. The number of hydrogen-bond acceptors (Lipinski definition) is 2. The van der Waals surface area contributed by atoms with Crippen LogP contribution in [0.15, 0.2) is 24.3 Å². The van der Waals surface area contributed by atoms with Crippen LogP contribution in [-0.4, -0.2) is 22.3 Å². The summed E-state index contributed by atoms with van der Waals surface area (Å²) in [4.78, 5) is 13.9. The van der Waals surface area contributed by atoms with E-state index < -0.39 is 9.70 Å². The molecule has 20 heavy (non-hydrogen) atoms. The van der Waals surface area contributed by atoms with E-state index in [1.165, 1.54) is 19.3 Å². The number of nitrogens with zero attached hydrogens (tertiary/aromatic N) is 1. The minimum atomic E-state index is -1.94. The lowest BCUT2D eigenvalue weighted by Gasteiger charge is -2.35. The molecule has 0 saturated carbocycles. The van der Waals surface area contributed by atoms with Gasteiger partial charge in [-0.1, -0.05) is 34.8 Å². The maximum atomic E-state index is 11.6. The lowest BCUT2D eigenvalue weighted by atomic mass is 10.0. The number of hydrogen-bond donors (Lipinski definition) is 1. The number of piperidine rings is 1. The summed E-state index contributed by atoms with van der Waals surface area (Å²) in [5, 5.41) is 2.57. The Labute approximate surface area is 134 Å². The number of rotatable bonds is 2. The monoisotopic (exact) mass is 334 g/mol. The molecule has 1 saturated heterocycles. The van der Waals surface area contributed by atoms with E-state index in [2.05, 4.69) is 17.1 Å². The molecule has 1 aliphatic rings. The third-order valence-electron chi connectivity index (χ3n) is 3.52. The maximum Gasteiger partial charge on any atom is 0.276 e. The van der Waals surface area contributed by atoms with Gasteiger partial charge in [-0.2, -0.15) is 0 Å². The summed E-state index contributed by atoms with van der Waals surface area (Å²) in [5.41, 5.74) is 1.78. The highest BCUT2D eigenvalue weighted by atomic mass is 35.6. The van der Waals surface area contributed by atoms with Crippen molar-refractivity contribution in [3.05, 3.63) is 24.3 Å². The summed E-state index contributed by atoms with van der Waals surface area (Å²) in [6.45, 7) is 3.30. The van der Waals surface area contributed by atoms with Crippen molar-refractivity contribution in [3.63, 3.8) is 0 Å². The SMILES string of the molecule is C[C@@H]1CCCCN1c1ccc(NC(=O)C(Cl)(Cl)Cl)cc1. The van der Waals surface area contributed by atoms with Gasteiger partial charge in [0.15, 0.2) is 0 Å². The molecule has 1 aliphatic heterocycles. The van der Waals surface area contributed by atoms with Gasteiger partial charge in [-0.05, 0) is 50.5 Å². The van der Waals surface area contributed by atoms with E-state index >= 15 is 0 Å². The maximum absolute atomic E-state index is 11.6. The Morgan fingerprint density at radius 1 is 1.25 bits per heavy atom. The topological polar surface area (TPSA) is 32.3 Å². The zero-order valence-corrected chi connectivity index (χ0v) is 13.5. The molecule has 0 unspecified atom stereocenters. The van der Waals surface area contributed by atoms with Gasteiger partial charge in [-0.15, -0.1) is 0 Å². The molecule has 1 heterocycles. The van der Waals surface area contributed by atoms with Crippen LogP contribution in [0.5, 0.6) is 0 Å². The molecule has 0 bridgehead atoms. The van der Waals surface area contributed by atoms with Crippen LogP contribution in [0.4, 0.5) is 11.4 Å². The second-order valence-corrected chi connectivity index (χ2v) is 7.32. The van der Waals surface area contributed by atoms with Gasteiger partial charge in [0, 0.05) is 24.0 Å². The van der Waals surface area contributed by atoms with Gasteiger partial charge in [-0.25, -0.2) is 0 Å². The zero-order valence-electron chi connectivity index (χ0n) is 11.2. The molecule has 6 heteroatoms. The Morgan fingerprint density at radius 2 is 1.90 bits per heavy atom. The number of carbonyl (C=O) groups is 1. The molecule has 1 fully saturated rings.